The summed E-state index contributed by atoms with van der Waals surface area (Å²) in [5.41, 5.74) is 4.79. The van der Waals surface area contributed by atoms with Crippen LogP contribution in [0.3, 0.4) is 0 Å². The number of rotatable bonds is 2. The lowest BCUT2D eigenvalue weighted by Gasteiger charge is -2.15. The number of amides is 1. The number of para-hydroxylation sites is 1. The standard InChI is InChI=1S/C19H16N2O2S/c1-11-7-8-13(9-12(11)2)18(22)21-19-20-17-14-5-3-4-6-15(14)23-10-16(17)24-19/h3-9H,10H2,1-2H3,(H,20,21,22). The molecule has 3 aromatic rings. The molecule has 0 spiro atoms. The van der Waals surface area contributed by atoms with Gasteiger partial charge in [-0.25, -0.2) is 4.98 Å². The first-order valence-electron chi connectivity index (χ1n) is 7.72. The van der Waals surface area contributed by atoms with E-state index in [4.69, 9.17) is 4.74 Å². The lowest BCUT2D eigenvalue weighted by molar-refractivity contribution is 0.102. The summed E-state index contributed by atoms with van der Waals surface area (Å²) in [4.78, 5) is 18.1. The van der Waals surface area contributed by atoms with E-state index in [0.29, 0.717) is 17.3 Å². The van der Waals surface area contributed by atoms with Gasteiger partial charge in [0, 0.05) is 11.1 Å². The van der Waals surface area contributed by atoms with Gasteiger partial charge in [0.15, 0.2) is 5.13 Å². The molecule has 4 nitrogen and oxygen atoms in total. The molecular weight excluding hydrogens is 320 g/mol. The van der Waals surface area contributed by atoms with Crippen molar-refractivity contribution in [3.05, 3.63) is 64.0 Å². The number of carbonyl (C=O) groups excluding carboxylic acids is 1. The van der Waals surface area contributed by atoms with E-state index < -0.39 is 0 Å². The van der Waals surface area contributed by atoms with Crippen molar-refractivity contribution in [1.29, 1.82) is 0 Å². The zero-order valence-electron chi connectivity index (χ0n) is 13.4. The zero-order chi connectivity index (χ0) is 16.7. The number of nitrogens with zero attached hydrogens (tertiary/aromatic N) is 1. The summed E-state index contributed by atoms with van der Waals surface area (Å²) >= 11 is 1.46. The van der Waals surface area contributed by atoms with Gasteiger partial charge < -0.3 is 4.74 Å². The Labute approximate surface area is 144 Å². The van der Waals surface area contributed by atoms with Gasteiger partial charge >= 0.3 is 0 Å². The Morgan fingerprint density at radius 3 is 2.83 bits per heavy atom. The molecule has 0 saturated carbocycles. The number of thiazole rings is 1. The Hall–Kier alpha value is -2.66. The number of aromatic nitrogens is 1. The summed E-state index contributed by atoms with van der Waals surface area (Å²) in [7, 11) is 0. The second-order valence-electron chi connectivity index (χ2n) is 5.83. The van der Waals surface area contributed by atoms with Crippen LogP contribution in [0, 0.1) is 13.8 Å². The quantitative estimate of drug-likeness (QED) is 0.746. The van der Waals surface area contributed by atoms with Crippen molar-refractivity contribution < 1.29 is 9.53 Å². The molecule has 1 aliphatic heterocycles. The van der Waals surface area contributed by atoms with Gasteiger partial charge in [-0.05, 0) is 49.2 Å². The third-order valence-corrected chi connectivity index (χ3v) is 5.13. The van der Waals surface area contributed by atoms with Crippen molar-refractivity contribution in [1.82, 2.24) is 4.98 Å². The van der Waals surface area contributed by atoms with Crippen molar-refractivity contribution >= 4 is 22.4 Å². The maximum atomic E-state index is 12.5. The third-order valence-electron chi connectivity index (χ3n) is 4.19. The highest BCUT2D eigenvalue weighted by atomic mass is 32.1. The largest absolute Gasteiger partial charge is 0.487 e. The van der Waals surface area contributed by atoms with Gasteiger partial charge in [-0.15, -0.1) is 0 Å². The Morgan fingerprint density at radius 2 is 2.00 bits per heavy atom. The van der Waals surface area contributed by atoms with Gasteiger partial charge in [0.2, 0.25) is 0 Å². The molecule has 1 N–H and O–H groups in total. The topological polar surface area (TPSA) is 51.2 Å². The van der Waals surface area contributed by atoms with Gasteiger partial charge in [0.25, 0.3) is 5.91 Å². The average molecular weight is 336 g/mol. The molecule has 0 saturated heterocycles. The fourth-order valence-electron chi connectivity index (χ4n) is 2.70. The van der Waals surface area contributed by atoms with Crippen LogP contribution in [0.2, 0.25) is 0 Å². The molecule has 0 atom stereocenters. The van der Waals surface area contributed by atoms with Gasteiger partial charge in [-0.1, -0.05) is 29.5 Å². The summed E-state index contributed by atoms with van der Waals surface area (Å²) in [5, 5.41) is 3.51. The molecule has 1 amide bonds. The molecule has 0 radical (unpaired) electrons. The molecule has 0 aliphatic carbocycles. The van der Waals surface area contributed by atoms with E-state index in [1.165, 1.54) is 16.9 Å². The predicted molar refractivity (Wildman–Crippen MR) is 95.8 cm³/mol. The van der Waals surface area contributed by atoms with E-state index in [2.05, 4.69) is 10.3 Å². The Bertz CT molecular complexity index is 946. The minimum absolute atomic E-state index is 0.140. The van der Waals surface area contributed by atoms with Crippen LogP contribution in [0.4, 0.5) is 5.13 Å². The van der Waals surface area contributed by atoms with Crippen LogP contribution in [0.1, 0.15) is 26.4 Å². The average Bonchev–Trinajstić information content (AvgIpc) is 3.00. The second kappa shape index (κ2) is 5.76. The van der Waals surface area contributed by atoms with Crippen LogP contribution in [-0.2, 0) is 6.61 Å². The minimum atomic E-state index is -0.140. The van der Waals surface area contributed by atoms with E-state index in [1.54, 1.807) is 0 Å². The lowest BCUT2D eigenvalue weighted by Crippen LogP contribution is -2.12. The van der Waals surface area contributed by atoms with E-state index in [9.17, 15) is 4.79 Å². The Balaban J connectivity index is 1.62. The first kappa shape index (κ1) is 14.9. The molecule has 0 fully saturated rings. The van der Waals surface area contributed by atoms with Gasteiger partial charge in [-0.3, -0.25) is 10.1 Å². The van der Waals surface area contributed by atoms with Crippen molar-refractivity contribution in [2.24, 2.45) is 0 Å². The summed E-state index contributed by atoms with van der Waals surface area (Å²) in [6.45, 7) is 4.52. The van der Waals surface area contributed by atoms with Crippen LogP contribution in [0.25, 0.3) is 11.3 Å². The Kier molecular flexibility index (Phi) is 3.58. The first-order valence-corrected chi connectivity index (χ1v) is 8.54. The second-order valence-corrected chi connectivity index (χ2v) is 6.91. The van der Waals surface area contributed by atoms with Crippen LogP contribution in [0.15, 0.2) is 42.5 Å². The number of nitrogens with one attached hydrogen (secondary N) is 1. The Morgan fingerprint density at radius 1 is 1.17 bits per heavy atom. The van der Waals surface area contributed by atoms with Gasteiger partial charge in [0.1, 0.15) is 12.4 Å². The van der Waals surface area contributed by atoms with Crippen molar-refractivity contribution in [3.63, 3.8) is 0 Å². The van der Waals surface area contributed by atoms with Gasteiger partial charge in [-0.2, -0.15) is 0 Å². The normalized spacial score (nSPS) is 12.1. The van der Waals surface area contributed by atoms with E-state index in [1.807, 2.05) is 56.3 Å². The molecule has 2 heterocycles. The number of anilines is 1. The molecule has 0 bridgehead atoms. The maximum Gasteiger partial charge on any atom is 0.257 e. The maximum absolute atomic E-state index is 12.5. The SMILES string of the molecule is Cc1ccc(C(=O)Nc2nc3c(s2)COc2ccccc2-3)cc1C. The molecule has 24 heavy (non-hydrogen) atoms. The number of benzene rings is 2. The summed E-state index contributed by atoms with van der Waals surface area (Å²) in [6.07, 6.45) is 0. The zero-order valence-corrected chi connectivity index (χ0v) is 14.2. The molecule has 5 heteroatoms. The van der Waals surface area contributed by atoms with E-state index in [-0.39, 0.29) is 5.91 Å². The smallest absolute Gasteiger partial charge is 0.257 e. The fraction of sp³-hybridized carbons (Fsp3) is 0.158. The molecule has 0 unspecified atom stereocenters. The van der Waals surface area contributed by atoms with E-state index in [0.717, 1.165) is 27.4 Å². The molecule has 4 rings (SSSR count). The highest BCUT2D eigenvalue weighted by Crippen LogP contribution is 2.40. The van der Waals surface area contributed by atoms with Crippen LogP contribution in [-0.4, -0.2) is 10.9 Å². The third kappa shape index (κ3) is 2.57. The molecule has 1 aliphatic rings. The number of hydrogen-bond acceptors (Lipinski definition) is 4. The fourth-order valence-corrected chi connectivity index (χ4v) is 3.58. The number of aryl methyl sites for hydroxylation is 2. The molecule has 2 aromatic carbocycles. The van der Waals surface area contributed by atoms with Crippen LogP contribution in [0.5, 0.6) is 5.75 Å². The highest BCUT2D eigenvalue weighted by molar-refractivity contribution is 7.16. The van der Waals surface area contributed by atoms with Crippen molar-refractivity contribution in [2.75, 3.05) is 5.32 Å². The molecular formula is C19H16N2O2S. The van der Waals surface area contributed by atoms with Crippen LogP contribution < -0.4 is 10.1 Å². The van der Waals surface area contributed by atoms with Crippen molar-refractivity contribution in [3.8, 4) is 17.0 Å². The summed E-state index contributed by atoms with van der Waals surface area (Å²) < 4.78 is 5.74. The van der Waals surface area contributed by atoms with Crippen molar-refractivity contribution in [2.45, 2.75) is 20.5 Å². The number of ether oxygens (including phenoxy) is 1. The van der Waals surface area contributed by atoms with Crippen LogP contribution >= 0.6 is 11.3 Å². The number of hydrogen-bond donors (Lipinski definition) is 1. The number of fused-ring (bicyclic) bond motifs is 3. The number of carbonyl (C=O) groups is 1. The van der Waals surface area contributed by atoms with E-state index >= 15 is 0 Å². The van der Waals surface area contributed by atoms with Gasteiger partial charge in [0.05, 0.1) is 10.6 Å². The first-order chi connectivity index (χ1) is 11.6. The lowest BCUT2D eigenvalue weighted by atomic mass is 10.1. The monoisotopic (exact) mass is 336 g/mol. The molecule has 1 aromatic heterocycles. The highest BCUT2D eigenvalue weighted by Gasteiger charge is 2.22. The minimum Gasteiger partial charge on any atom is -0.487 e. The summed E-state index contributed by atoms with van der Waals surface area (Å²) in [6, 6.07) is 13.5. The summed E-state index contributed by atoms with van der Waals surface area (Å²) in [5.74, 6) is 0.695. The predicted octanol–water partition coefficient (Wildman–Crippen LogP) is 4.57. The molecule has 120 valence electrons.